The first-order valence-corrected chi connectivity index (χ1v) is 20.8. The van der Waals surface area contributed by atoms with E-state index in [9.17, 15) is 9.59 Å². The molecule has 3 aromatic rings. The average Bonchev–Trinajstić information content (AvgIpc) is 3.29. The van der Waals surface area contributed by atoms with Gasteiger partial charge in [-0.25, -0.2) is 0 Å². The number of benzene rings is 3. The molecule has 0 radical (unpaired) electrons. The predicted octanol–water partition coefficient (Wildman–Crippen LogP) is 8.92. The van der Waals surface area contributed by atoms with Crippen LogP contribution in [0.4, 0.5) is 5.69 Å². The van der Waals surface area contributed by atoms with Crippen LogP contribution >= 0.6 is 36.4 Å². The molecule has 2 fully saturated rings. The summed E-state index contributed by atoms with van der Waals surface area (Å²) in [6.07, 6.45) is 6.92. The number of rotatable bonds is 15. The van der Waals surface area contributed by atoms with E-state index in [0.29, 0.717) is 54.4 Å². The molecule has 6 rings (SSSR count). The Morgan fingerprint density at radius 2 is 1.61 bits per heavy atom. The van der Waals surface area contributed by atoms with Crippen LogP contribution in [0.2, 0.25) is 5.02 Å². The van der Waals surface area contributed by atoms with Crippen molar-refractivity contribution < 1.29 is 23.8 Å². The Labute approximate surface area is 357 Å². The monoisotopic (exact) mass is 844 g/mol. The van der Waals surface area contributed by atoms with Gasteiger partial charge in [0.2, 0.25) is 5.91 Å². The van der Waals surface area contributed by atoms with Gasteiger partial charge in [-0.05, 0) is 106 Å². The van der Waals surface area contributed by atoms with Crippen LogP contribution in [-0.4, -0.2) is 93.3 Å². The van der Waals surface area contributed by atoms with Gasteiger partial charge in [0.25, 0.3) is 5.91 Å². The summed E-state index contributed by atoms with van der Waals surface area (Å²) in [6.45, 7) is 12.8. The maximum absolute atomic E-state index is 14.6. The number of ether oxygens (including phenoxy) is 3. The van der Waals surface area contributed by atoms with Gasteiger partial charge < -0.3 is 34.2 Å². The lowest BCUT2D eigenvalue weighted by molar-refractivity contribution is -0.144. The molecular weight excluding hydrogens is 783 g/mol. The molecule has 2 atom stereocenters. The number of para-hydroxylation sites is 1. The van der Waals surface area contributed by atoms with E-state index in [1.807, 2.05) is 47.4 Å². The highest BCUT2D eigenvalue weighted by atomic mass is 35.5. The number of methoxy groups -OCH3 is 1. The summed E-state index contributed by atoms with van der Waals surface area (Å²) in [6, 6.07) is 22.4. The molecule has 0 spiro atoms. The molecule has 0 aromatic heterocycles. The van der Waals surface area contributed by atoms with Gasteiger partial charge in [-0.15, -0.1) is 24.8 Å². The second kappa shape index (κ2) is 22.4. The van der Waals surface area contributed by atoms with E-state index >= 15 is 0 Å². The summed E-state index contributed by atoms with van der Waals surface area (Å²) in [4.78, 5) is 35.0. The first-order chi connectivity index (χ1) is 26.6. The van der Waals surface area contributed by atoms with Gasteiger partial charge in [0.1, 0.15) is 12.2 Å². The summed E-state index contributed by atoms with van der Waals surface area (Å²) in [5.74, 6) is 0.866. The number of anilines is 1. The Hall–Kier alpha value is -3.05. The first-order valence-electron chi connectivity index (χ1n) is 20.4. The minimum atomic E-state index is -1.01. The molecule has 2 saturated heterocycles. The number of fused-ring (bicyclic) bond motifs is 1. The number of carbonyl (C=O) groups excluding carboxylic acids is 2. The molecule has 0 unspecified atom stereocenters. The molecule has 3 aliphatic rings. The number of hydrogen-bond donors (Lipinski definition) is 1. The standard InChI is InChI=1S/C45H61ClN4O5.2ClH/c1-45(2,3)32-50-38-20-19-34(46)30-37(38)42(55-40(44(50)52)31-41(51)49-27-21-35(22-28-49)48-25-9-6-10-26-48)36-17-11-18-39(43(36)53-4)54-29-13-24-47-23-12-16-33-14-7-5-8-15-33;;/h5,7-8,11,14-15,17-20,30,35,40,42,47H,6,9-10,12-13,16,21-29,31-32H2,1-4H3;2*1H/t40-,42-;;/m1../s1. The Kier molecular flexibility index (Phi) is 18.3. The van der Waals surface area contributed by atoms with Gasteiger partial charge in [0.05, 0.1) is 20.1 Å². The molecule has 9 nitrogen and oxygen atoms in total. The number of nitrogens with zero attached hydrogens (tertiary/aromatic N) is 3. The zero-order valence-corrected chi connectivity index (χ0v) is 36.6. The molecule has 0 bridgehead atoms. The zero-order chi connectivity index (χ0) is 38.8. The number of nitrogens with one attached hydrogen (secondary N) is 1. The van der Waals surface area contributed by atoms with E-state index in [2.05, 4.69) is 55.3 Å². The van der Waals surface area contributed by atoms with Crippen molar-refractivity contribution in [3.05, 3.63) is 88.4 Å². The number of halogens is 3. The van der Waals surface area contributed by atoms with E-state index in [0.717, 1.165) is 69.5 Å². The van der Waals surface area contributed by atoms with Crippen LogP contribution in [0.15, 0.2) is 66.7 Å². The fraction of sp³-hybridized carbons (Fsp3) is 0.556. The van der Waals surface area contributed by atoms with Gasteiger partial charge in [0, 0.05) is 47.5 Å². The first kappa shape index (κ1) is 46.6. The van der Waals surface area contributed by atoms with Crippen molar-refractivity contribution in [1.29, 1.82) is 0 Å². The third-order valence-corrected chi connectivity index (χ3v) is 11.3. The maximum Gasteiger partial charge on any atom is 0.256 e. The Bertz CT molecular complexity index is 1710. The molecule has 1 N–H and O–H groups in total. The van der Waals surface area contributed by atoms with Gasteiger partial charge in [-0.2, -0.15) is 0 Å². The van der Waals surface area contributed by atoms with Crippen LogP contribution in [0.1, 0.15) is 94.9 Å². The zero-order valence-electron chi connectivity index (χ0n) is 34.2. The van der Waals surface area contributed by atoms with E-state index < -0.39 is 12.2 Å². The van der Waals surface area contributed by atoms with Crippen molar-refractivity contribution in [3.63, 3.8) is 0 Å². The average molecular weight is 846 g/mol. The maximum atomic E-state index is 14.6. The molecule has 2 amide bonds. The fourth-order valence-corrected chi connectivity index (χ4v) is 8.45. The molecule has 0 saturated carbocycles. The summed E-state index contributed by atoms with van der Waals surface area (Å²) in [5, 5.41) is 4.06. The minimum Gasteiger partial charge on any atom is -0.492 e. The largest absolute Gasteiger partial charge is 0.492 e. The highest BCUT2D eigenvalue weighted by Gasteiger charge is 2.41. The van der Waals surface area contributed by atoms with Crippen molar-refractivity contribution >= 4 is 53.9 Å². The molecule has 12 heteroatoms. The van der Waals surface area contributed by atoms with Crippen LogP contribution in [-0.2, 0) is 20.7 Å². The summed E-state index contributed by atoms with van der Waals surface area (Å²) in [5.41, 5.74) is 3.32. The summed E-state index contributed by atoms with van der Waals surface area (Å²) >= 11 is 6.67. The number of amides is 2. The van der Waals surface area contributed by atoms with Crippen molar-refractivity contribution in [2.24, 2.45) is 5.41 Å². The molecule has 3 aromatic carbocycles. The number of likely N-dealkylation sites (tertiary alicyclic amines) is 2. The summed E-state index contributed by atoms with van der Waals surface area (Å²) < 4.78 is 19.2. The second-order valence-electron chi connectivity index (χ2n) is 16.5. The molecule has 3 heterocycles. The van der Waals surface area contributed by atoms with Crippen molar-refractivity contribution in [3.8, 4) is 11.5 Å². The molecule has 314 valence electrons. The Morgan fingerprint density at radius 1 is 0.895 bits per heavy atom. The van der Waals surface area contributed by atoms with Crippen LogP contribution in [0.5, 0.6) is 11.5 Å². The third kappa shape index (κ3) is 12.7. The van der Waals surface area contributed by atoms with Crippen molar-refractivity contribution in [2.75, 3.05) is 64.4 Å². The van der Waals surface area contributed by atoms with E-state index in [4.69, 9.17) is 25.8 Å². The van der Waals surface area contributed by atoms with Crippen LogP contribution < -0.4 is 19.7 Å². The van der Waals surface area contributed by atoms with Crippen molar-refractivity contribution in [1.82, 2.24) is 15.1 Å². The minimum absolute atomic E-state index is 0. The molecule has 3 aliphatic heterocycles. The smallest absolute Gasteiger partial charge is 0.256 e. The Morgan fingerprint density at radius 3 is 2.32 bits per heavy atom. The van der Waals surface area contributed by atoms with Gasteiger partial charge in [0.15, 0.2) is 11.5 Å². The normalized spacial score (nSPS) is 19.2. The molecular formula is C45H63Cl3N4O5. The lowest BCUT2D eigenvalue weighted by atomic mass is 9.94. The topological polar surface area (TPSA) is 83.6 Å². The number of hydrogen-bond acceptors (Lipinski definition) is 7. The summed E-state index contributed by atoms with van der Waals surface area (Å²) in [7, 11) is 1.63. The van der Waals surface area contributed by atoms with E-state index in [-0.39, 0.29) is 48.5 Å². The quantitative estimate of drug-likeness (QED) is 0.153. The highest BCUT2D eigenvalue weighted by Crippen LogP contribution is 2.46. The SMILES string of the molecule is COc1c(OCCCNCCCc2ccccc2)cccc1[C@H]1O[C@H](CC(=O)N2CCC(N3CCCCC3)CC2)C(=O)N(CC(C)(C)C)c2ccc(Cl)cc21.Cl.Cl. The lowest BCUT2D eigenvalue weighted by Crippen LogP contribution is -2.50. The highest BCUT2D eigenvalue weighted by molar-refractivity contribution is 6.30. The lowest BCUT2D eigenvalue weighted by Gasteiger charge is -2.40. The number of carbonyl (C=O) groups is 2. The van der Waals surface area contributed by atoms with Crippen LogP contribution in [0, 0.1) is 5.41 Å². The van der Waals surface area contributed by atoms with Crippen LogP contribution in [0.25, 0.3) is 0 Å². The van der Waals surface area contributed by atoms with Crippen LogP contribution in [0.3, 0.4) is 0 Å². The molecule has 57 heavy (non-hydrogen) atoms. The number of aryl methyl sites for hydroxylation is 1. The number of piperidine rings is 2. The fourth-order valence-electron chi connectivity index (χ4n) is 8.27. The second-order valence-corrected chi connectivity index (χ2v) is 17.0. The predicted molar refractivity (Wildman–Crippen MR) is 235 cm³/mol. The van der Waals surface area contributed by atoms with E-state index in [1.54, 1.807) is 12.0 Å². The van der Waals surface area contributed by atoms with Gasteiger partial charge in [-0.3, -0.25) is 9.59 Å². The van der Waals surface area contributed by atoms with E-state index in [1.165, 1.54) is 24.8 Å². The van der Waals surface area contributed by atoms with Gasteiger partial charge in [-0.1, -0.05) is 81.3 Å². The van der Waals surface area contributed by atoms with Crippen molar-refractivity contribution in [2.45, 2.75) is 96.8 Å². The molecule has 0 aliphatic carbocycles. The Balaban J connectivity index is 0.00000360. The van der Waals surface area contributed by atoms with Gasteiger partial charge >= 0.3 is 0 Å². The third-order valence-electron chi connectivity index (χ3n) is 11.0.